The van der Waals surface area contributed by atoms with Crippen molar-refractivity contribution in [1.82, 2.24) is 20.1 Å². The first-order valence-corrected chi connectivity index (χ1v) is 8.71. The van der Waals surface area contributed by atoms with Gasteiger partial charge in [-0.05, 0) is 37.5 Å². The number of aromatic nitrogens is 3. The van der Waals surface area contributed by atoms with Gasteiger partial charge in [0.15, 0.2) is 0 Å². The maximum absolute atomic E-state index is 12.7. The molecule has 1 aliphatic heterocycles. The first-order valence-electron chi connectivity index (χ1n) is 8.71. The largest absolute Gasteiger partial charge is 0.354 e. The second-order valence-corrected chi connectivity index (χ2v) is 6.60. The predicted molar refractivity (Wildman–Crippen MR) is 92.2 cm³/mol. The molecule has 7 nitrogen and oxygen atoms in total. The van der Waals surface area contributed by atoms with E-state index in [0.717, 1.165) is 18.7 Å². The zero-order valence-electron chi connectivity index (χ0n) is 14.0. The Balaban J connectivity index is 1.45. The maximum atomic E-state index is 12.7. The first-order chi connectivity index (χ1) is 12.3. The SMILES string of the molecule is N#Cc1cccnc1N1CCCN(C(=O)c2cc(C3CC3)[nH]n2)CC1. The van der Waals surface area contributed by atoms with Crippen LogP contribution in [0.2, 0.25) is 0 Å². The zero-order chi connectivity index (χ0) is 17.2. The molecule has 2 aliphatic rings. The number of hydrogen-bond acceptors (Lipinski definition) is 5. The number of H-pyrrole nitrogens is 1. The lowest BCUT2D eigenvalue weighted by Crippen LogP contribution is -2.35. The fourth-order valence-corrected chi connectivity index (χ4v) is 3.28. The van der Waals surface area contributed by atoms with Crippen LogP contribution in [0.25, 0.3) is 0 Å². The van der Waals surface area contributed by atoms with Crippen LogP contribution in [0.4, 0.5) is 5.82 Å². The van der Waals surface area contributed by atoms with Gasteiger partial charge in [-0.2, -0.15) is 10.4 Å². The van der Waals surface area contributed by atoms with E-state index < -0.39 is 0 Å². The molecule has 0 atom stereocenters. The minimum Gasteiger partial charge on any atom is -0.354 e. The van der Waals surface area contributed by atoms with Gasteiger partial charge in [-0.25, -0.2) is 4.98 Å². The van der Waals surface area contributed by atoms with Crippen LogP contribution in [0, 0.1) is 11.3 Å². The number of hydrogen-bond donors (Lipinski definition) is 1. The van der Waals surface area contributed by atoms with Gasteiger partial charge in [0, 0.05) is 44.0 Å². The smallest absolute Gasteiger partial charge is 0.274 e. The van der Waals surface area contributed by atoms with E-state index in [0.29, 0.717) is 42.6 Å². The number of nitriles is 1. The second kappa shape index (κ2) is 6.55. The molecule has 0 aromatic carbocycles. The quantitative estimate of drug-likeness (QED) is 0.925. The molecule has 1 saturated carbocycles. The molecule has 1 N–H and O–H groups in total. The third kappa shape index (κ3) is 3.20. The molecule has 1 saturated heterocycles. The lowest BCUT2D eigenvalue weighted by atomic mass is 10.2. The summed E-state index contributed by atoms with van der Waals surface area (Å²) >= 11 is 0. The molecule has 1 amide bonds. The van der Waals surface area contributed by atoms with Crippen molar-refractivity contribution in [2.24, 2.45) is 0 Å². The van der Waals surface area contributed by atoms with Crippen molar-refractivity contribution in [3.8, 4) is 6.07 Å². The third-order valence-corrected chi connectivity index (χ3v) is 4.82. The van der Waals surface area contributed by atoms with Crippen LogP contribution < -0.4 is 4.90 Å². The normalized spacial score (nSPS) is 17.9. The number of nitrogens with zero attached hydrogens (tertiary/aromatic N) is 5. The summed E-state index contributed by atoms with van der Waals surface area (Å²) < 4.78 is 0. The molecule has 4 rings (SSSR count). The number of pyridine rings is 1. The molecule has 0 spiro atoms. The average Bonchev–Trinajstić information content (AvgIpc) is 3.43. The van der Waals surface area contributed by atoms with E-state index in [9.17, 15) is 10.1 Å². The van der Waals surface area contributed by atoms with E-state index >= 15 is 0 Å². The Hall–Kier alpha value is -2.88. The summed E-state index contributed by atoms with van der Waals surface area (Å²) in [6, 6.07) is 7.64. The number of carbonyl (C=O) groups is 1. The van der Waals surface area contributed by atoms with Gasteiger partial charge in [-0.1, -0.05) is 0 Å². The number of carbonyl (C=O) groups excluding carboxylic acids is 1. The van der Waals surface area contributed by atoms with Crippen molar-refractivity contribution in [2.45, 2.75) is 25.2 Å². The van der Waals surface area contributed by atoms with Crippen LogP contribution in [0.15, 0.2) is 24.4 Å². The second-order valence-electron chi connectivity index (χ2n) is 6.60. The Labute approximate surface area is 146 Å². The molecule has 2 fully saturated rings. The Morgan fingerprint density at radius 3 is 2.96 bits per heavy atom. The van der Waals surface area contributed by atoms with Crippen LogP contribution in [-0.4, -0.2) is 52.2 Å². The topological polar surface area (TPSA) is 88.9 Å². The summed E-state index contributed by atoms with van der Waals surface area (Å²) in [5, 5.41) is 16.5. The molecule has 128 valence electrons. The van der Waals surface area contributed by atoms with Gasteiger partial charge in [-0.3, -0.25) is 9.89 Å². The van der Waals surface area contributed by atoms with Gasteiger partial charge in [0.2, 0.25) is 0 Å². The molecule has 25 heavy (non-hydrogen) atoms. The highest BCUT2D eigenvalue weighted by atomic mass is 16.2. The number of aromatic amines is 1. The lowest BCUT2D eigenvalue weighted by molar-refractivity contribution is 0.0761. The summed E-state index contributed by atoms with van der Waals surface area (Å²) in [6.45, 7) is 2.74. The van der Waals surface area contributed by atoms with Crippen molar-refractivity contribution in [3.63, 3.8) is 0 Å². The highest BCUT2D eigenvalue weighted by molar-refractivity contribution is 5.92. The molecule has 7 heteroatoms. The van der Waals surface area contributed by atoms with Crippen LogP contribution in [0.5, 0.6) is 0 Å². The van der Waals surface area contributed by atoms with E-state index in [1.165, 1.54) is 12.8 Å². The summed E-state index contributed by atoms with van der Waals surface area (Å²) in [5.74, 6) is 1.24. The fourth-order valence-electron chi connectivity index (χ4n) is 3.28. The van der Waals surface area contributed by atoms with Gasteiger partial charge in [0.25, 0.3) is 5.91 Å². The Morgan fingerprint density at radius 1 is 1.28 bits per heavy atom. The number of anilines is 1. The van der Waals surface area contributed by atoms with Gasteiger partial charge >= 0.3 is 0 Å². The molecule has 0 radical (unpaired) electrons. The van der Waals surface area contributed by atoms with Gasteiger partial charge in [0.05, 0.1) is 5.56 Å². The molecular formula is C18H20N6O. The van der Waals surface area contributed by atoms with Crippen LogP contribution in [0.1, 0.15) is 46.9 Å². The number of rotatable bonds is 3. The summed E-state index contributed by atoms with van der Waals surface area (Å²) in [6.07, 6.45) is 4.90. The first kappa shape index (κ1) is 15.6. The van der Waals surface area contributed by atoms with E-state index in [1.54, 1.807) is 18.3 Å². The molecule has 2 aromatic rings. The van der Waals surface area contributed by atoms with Gasteiger partial charge in [-0.15, -0.1) is 0 Å². The molecular weight excluding hydrogens is 316 g/mol. The van der Waals surface area contributed by atoms with E-state index in [4.69, 9.17) is 0 Å². The Morgan fingerprint density at radius 2 is 2.16 bits per heavy atom. The Kier molecular flexibility index (Phi) is 4.10. The monoisotopic (exact) mass is 336 g/mol. The van der Waals surface area contributed by atoms with E-state index in [-0.39, 0.29) is 5.91 Å². The van der Waals surface area contributed by atoms with Crippen molar-refractivity contribution < 1.29 is 4.79 Å². The lowest BCUT2D eigenvalue weighted by Gasteiger charge is -2.23. The van der Waals surface area contributed by atoms with Gasteiger partial charge in [0.1, 0.15) is 17.6 Å². The predicted octanol–water partition coefficient (Wildman–Crippen LogP) is 1.91. The standard InChI is InChI=1S/C18H20N6O/c19-12-14-3-1-6-20-17(14)23-7-2-8-24(10-9-23)18(25)16-11-15(21-22-16)13-4-5-13/h1,3,6,11,13H,2,4-5,7-10H2,(H,21,22). The molecule has 3 heterocycles. The maximum Gasteiger partial charge on any atom is 0.274 e. The van der Waals surface area contributed by atoms with Crippen molar-refractivity contribution >= 4 is 11.7 Å². The van der Waals surface area contributed by atoms with Gasteiger partial charge < -0.3 is 9.80 Å². The Bertz CT molecular complexity index is 819. The summed E-state index contributed by atoms with van der Waals surface area (Å²) in [4.78, 5) is 21.0. The molecule has 0 bridgehead atoms. The molecule has 2 aromatic heterocycles. The average molecular weight is 336 g/mol. The van der Waals surface area contributed by atoms with E-state index in [2.05, 4.69) is 26.2 Å². The zero-order valence-corrected chi connectivity index (χ0v) is 14.0. The van der Waals surface area contributed by atoms with Crippen LogP contribution in [0.3, 0.4) is 0 Å². The molecule has 0 unspecified atom stereocenters. The minimum atomic E-state index is -0.0217. The fraction of sp³-hybridized carbons (Fsp3) is 0.444. The van der Waals surface area contributed by atoms with Crippen LogP contribution in [-0.2, 0) is 0 Å². The third-order valence-electron chi connectivity index (χ3n) is 4.82. The van der Waals surface area contributed by atoms with Crippen molar-refractivity contribution in [3.05, 3.63) is 41.3 Å². The minimum absolute atomic E-state index is 0.0217. The van der Waals surface area contributed by atoms with Crippen molar-refractivity contribution in [1.29, 1.82) is 5.26 Å². The number of nitrogens with one attached hydrogen (secondary N) is 1. The highest BCUT2D eigenvalue weighted by Crippen LogP contribution is 2.39. The highest BCUT2D eigenvalue weighted by Gasteiger charge is 2.28. The van der Waals surface area contributed by atoms with Crippen molar-refractivity contribution in [2.75, 3.05) is 31.1 Å². The summed E-state index contributed by atoms with van der Waals surface area (Å²) in [5.41, 5.74) is 2.15. The molecule has 1 aliphatic carbocycles. The summed E-state index contributed by atoms with van der Waals surface area (Å²) in [7, 11) is 0. The van der Waals surface area contributed by atoms with Crippen LogP contribution >= 0.6 is 0 Å². The van der Waals surface area contributed by atoms with E-state index in [1.807, 2.05) is 11.0 Å². The number of amides is 1.